The minimum atomic E-state index is -0.469. The van der Waals surface area contributed by atoms with Crippen molar-refractivity contribution in [2.45, 2.75) is 13.8 Å². The molecule has 1 heterocycles. The monoisotopic (exact) mass is 249 g/mol. The van der Waals surface area contributed by atoms with Crippen molar-refractivity contribution in [3.05, 3.63) is 28.8 Å². The van der Waals surface area contributed by atoms with E-state index in [1.807, 2.05) is 0 Å². The number of hydrogen-bond acceptors (Lipinski definition) is 3. The van der Waals surface area contributed by atoms with Crippen LogP contribution in [0.3, 0.4) is 0 Å². The lowest BCUT2D eigenvalue weighted by Gasteiger charge is -2.33. The fourth-order valence-corrected chi connectivity index (χ4v) is 1.87. The molecule has 3 nitrogen and oxygen atoms in total. The van der Waals surface area contributed by atoms with E-state index in [9.17, 15) is 0 Å². The van der Waals surface area contributed by atoms with Crippen LogP contribution < -0.4 is 5.46 Å². The van der Waals surface area contributed by atoms with E-state index in [2.05, 4.69) is 19.9 Å². The second kappa shape index (κ2) is 4.69. The van der Waals surface area contributed by atoms with Gasteiger partial charge in [0.15, 0.2) is 0 Å². The van der Waals surface area contributed by atoms with Crippen molar-refractivity contribution in [2.24, 2.45) is 5.41 Å². The van der Waals surface area contributed by atoms with Crippen LogP contribution in [-0.4, -0.2) is 20.3 Å². The van der Waals surface area contributed by atoms with Gasteiger partial charge in [-0.05, 0) is 18.2 Å². The molecule has 0 amide bonds. The van der Waals surface area contributed by atoms with Crippen LogP contribution in [0.2, 0.25) is 5.02 Å². The number of hydrogen-bond donors (Lipinski definition) is 0. The number of nitriles is 1. The molecule has 1 aromatic carbocycles. The minimum Gasteiger partial charge on any atom is -0.407 e. The summed E-state index contributed by atoms with van der Waals surface area (Å²) in [6, 6.07) is 7.17. The van der Waals surface area contributed by atoms with Crippen molar-refractivity contribution in [2.75, 3.05) is 13.2 Å². The van der Waals surface area contributed by atoms with E-state index in [0.29, 0.717) is 23.8 Å². The van der Waals surface area contributed by atoms with Crippen LogP contribution in [0.5, 0.6) is 0 Å². The third-order valence-electron chi connectivity index (χ3n) is 2.63. The van der Waals surface area contributed by atoms with Gasteiger partial charge in [0.25, 0.3) is 0 Å². The predicted octanol–water partition coefficient (Wildman–Crippen LogP) is 1.98. The lowest BCUT2D eigenvalue weighted by Crippen LogP contribution is -2.47. The normalized spacial score (nSPS) is 18.8. The molecule has 1 saturated heterocycles. The molecule has 88 valence electrons. The molecule has 1 aliphatic rings. The summed E-state index contributed by atoms with van der Waals surface area (Å²) in [7, 11) is -0.469. The summed E-state index contributed by atoms with van der Waals surface area (Å²) in [5.41, 5.74) is 1.30. The Morgan fingerprint density at radius 3 is 2.59 bits per heavy atom. The maximum atomic E-state index is 8.86. The Morgan fingerprint density at radius 1 is 1.35 bits per heavy atom. The molecule has 0 aliphatic carbocycles. The molecule has 0 unspecified atom stereocenters. The fraction of sp³-hybridized carbons (Fsp3) is 0.417. The fourth-order valence-electron chi connectivity index (χ4n) is 1.67. The van der Waals surface area contributed by atoms with E-state index in [4.69, 9.17) is 26.2 Å². The first-order valence-electron chi connectivity index (χ1n) is 5.45. The molecule has 17 heavy (non-hydrogen) atoms. The molecule has 1 fully saturated rings. The Kier molecular flexibility index (Phi) is 3.44. The molecule has 1 aromatic rings. The van der Waals surface area contributed by atoms with Gasteiger partial charge in [-0.3, -0.25) is 0 Å². The Morgan fingerprint density at radius 2 is 2.00 bits per heavy atom. The highest BCUT2D eigenvalue weighted by Gasteiger charge is 2.34. The van der Waals surface area contributed by atoms with E-state index < -0.39 is 7.12 Å². The molecule has 2 rings (SSSR count). The molecule has 0 bridgehead atoms. The smallest absolute Gasteiger partial charge is 0.407 e. The van der Waals surface area contributed by atoms with E-state index in [1.165, 1.54) is 0 Å². The Hall–Kier alpha value is -1.02. The standard InChI is InChI=1S/C12H13BClNO2/c1-12(2)7-16-13(17-8-12)10-5-9(6-15)3-4-11(10)14/h3-5H,7-8H2,1-2H3. The number of halogens is 1. The molecule has 0 atom stereocenters. The average Bonchev–Trinajstić information content (AvgIpc) is 2.30. The number of rotatable bonds is 1. The van der Waals surface area contributed by atoms with Gasteiger partial charge < -0.3 is 9.31 Å². The Labute approximate surface area is 106 Å². The molecule has 0 spiro atoms. The third-order valence-corrected chi connectivity index (χ3v) is 2.97. The van der Waals surface area contributed by atoms with E-state index in [0.717, 1.165) is 5.46 Å². The lowest BCUT2D eigenvalue weighted by atomic mass is 9.75. The SMILES string of the molecule is CC1(C)COB(c2cc(C#N)ccc2Cl)OC1. The lowest BCUT2D eigenvalue weighted by molar-refractivity contribution is 0.0343. The summed E-state index contributed by atoms with van der Waals surface area (Å²) in [6.45, 7) is 5.39. The van der Waals surface area contributed by atoms with E-state index >= 15 is 0 Å². The van der Waals surface area contributed by atoms with Crippen LogP contribution in [0.4, 0.5) is 0 Å². The van der Waals surface area contributed by atoms with Crippen molar-refractivity contribution < 1.29 is 9.31 Å². The van der Waals surface area contributed by atoms with Crippen LogP contribution in [0.25, 0.3) is 0 Å². The molecule has 0 aromatic heterocycles. The van der Waals surface area contributed by atoms with Gasteiger partial charge >= 0.3 is 7.12 Å². The number of benzene rings is 1. The van der Waals surface area contributed by atoms with Crippen LogP contribution in [0, 0.1) is 16.7 Å². The summed E-state index contributed by atoms with van der Waals surface area (Å²) >= 11 is 6.09. The first-order chi connectivity index (χ1) is 8.02. The summed E-state index contributed by atoms with van der Waals surface area (Å²) in [4.78, 5) is 0. The second-order valence-corrected chi connectivity index (χ2v) is 5.37. The van der Waals surface area contributed by atoms with Crippen molar-refractivity contribution >= 4 is 24.2 Å². The minimum absolute atomic E-state index is 0.0236. The van der Waals surface area contributed by atoms with Gasteiger partial charge in [0.2, 0.25) is 0 Å². The number of nitrogens with zero attached hydrogens (tertiary/aromatic N) is 1. The molecular weight excluding hydrogens is 236 g/mol. The first kappa shape index (κ1) is 12.4. The van der Waals surface area contributed by atoms with Crippen molar-refractivity contribution in [1.82, 2.24) is 0 Å². The van der Waals surface area contributed by atoms with Crippen molar-refractivity contribution in [3.8, 4) is 6.07 Å². The topological polar surface area (TPSA) is 42.2 Å². The van der Waals surface area contributed by atoms with E-state index in [1.54, 1.807) is 18.2 Å². The van der Waals surface area contributed by atoms with Crippen LogP contribution in [0.15, 0.2) is 18.2 Å². The predicted molar refractivity (Wildman–Crippen MR) is 67.2 cm³/mol. The highest BCUT2D eigenvalue weighted by molar-refractivity contribution is 6.65. The molecule has 0 N–H and O–H groups in total. The van der Waals surface area contributed by atoms with Gasteiger partial charge in [-0.25, -0.2) is 0 Å². The zero-order valence-electron chi connectivity index (χ0n) is 9.87. The Balaban J connectivity index is 2.21. The van der Waals surface area contributed by atoms with Gasteiger partial charge in [0.05, 0.1) is 11.6 Å². The maximum absolute atomic E-state index is 8.86. The summed E-state index contributed by atoms with van der Waals surface area (Å²) in [5, 5.41) is 9.42. The maximum Gasteiger partial charge on any atom is 0.495 e. The zero-order valence-corrected chi connectivity index (χ0v) is 10.6. The van der Waals surface area contributed by atoms with E-state index in [-0.39, 0.29) is 5.41 Å². The molecule has 1 aliphatic heterocycles. The largest absolute Gasteiger partial charge is 0.495 e. The molecule has 5 heteroatoms. The van der Waals surface area contributed by atoms with Crippen LogP contribution in [0.1, 0.15) is 19.4 Å². The molecule has 0 saturated carbocycles. The first-order valence-corrected chi connectivity index (χ1v) is 5.82. The molecular formula is C12H13BClNO2. The highest BCUT2D eigenvalue weighted by atomic mass is 35.5. The third kappa shape index (κ3) is 2.81. The van der Waals surface area contributed by atoms with Gasteiger partial charge in [-0.2, -0.15) is 5.26 Å². The zero-order chi connectivity index (χ0) is 12.5. The summed E-state index contributed by atoms with van der Waals surface area (Å²) in [6.07, 6.45) is 0. The van der Waals surface area contributed by atoms with Gasteiger partial charge in [-0.15, -0.1) is 0 Å². The van der Waals surface area contributed by atoms with Gasteiger partial charge in [-0.1, -0.05) is 25.4 Å². The Bertz CT molecular complexity index is 460. The van der Waals surface area contributed by atoms with Crippen molar-refractivity contribution in [3.63, 3.8) is 0 Å². The highest BCUT2D eigenvalue weighted by Crippen LogP contribution is 2.22. The summed E-state index contributed by atoms with van der Waals surface area (Å²) < 4.78 is 11.3. The average molecular weight is 250 g/mol. The van der Waals surface area contributed by atoms with Crippen molar-refractivity contribution in [1.29, 1.82) is 5.26 Å². The van der Waals surface area contributed by atoms with Gasteiger partial charge in [0.1, 0.15) is 0 Å². The quantitative estimate of drug-likeness (QED) is 0.715. The van der Waals surface area contributed by atoms with Crippen LogP contribution in [-0.2, 0) is 9.31 Å². The summed E-state index contributed by atoms with van der Waals surface area (Å²) in [5.74, 6) is 0. The van der Waals surface area contributed by atoms with Crippen LogP contribution >= 0.6 is 11.6 Å². The van der Waals surface area contributed by atoms with Gasteiger partial charge in [0, 0.05) is 29.1 Å². The molecule has 0 radical (unpaired) electrons. The second-order valence-electron chi connectivity index (χ2n) is 4.97.